The second-order valence-electron chi connectivity index (χ2n) is 4.53. The number of ether oxygens (including phenoxy) is 1. The topological polar surface area (TPSA) is 107 Å². The van der Waals surface area contributed by atoms with E-state index >= 15 is 0 Å². The summed E-state index contributed by atoms with van der Waals surface area (Å²) in [5, 5.41) is 7.60. The van der Waals surface area contributed by atoms with Crippen molar-refractivity contribution < 1.29 is 41.1 Å². The SMILES string of the molecule is C=CC(=O)O.C=CC(=O)OCC[N+](C)(C)C.C=CC(N)=O.[Cl-]. The molecule has 0 saturated carbocycles. The van der Waals surface area contributed by atoms with Gasteiger partial charge in [-0.1, -0.05) is 19.7 Å². The fraction of sp³-hybridized carbons (Fsp3) is 0.357. The van der Waals surface area contributed by atoms with Gasteiger partial charge in [-0.15, -0.1) is 0 Å². The van der Waals surface area contributed by atoms with Crippen molar-refractivity contribution in [3.05, 3.63) is 38.0 Å². The molecule has 0 fully saturated rings. The van der Waals surface area contributed by atoms with E-state index in [1.54, 1.807) is 0 Å². The molecule has 0 atom stereocenters. The number of carboxylic acid groups (broad SMARTS) is 1. The van der Waals surface area contributed by atoms with E-state index in [0.29, 0.717) is 6.61 Å². The van der Waals surface area contributed by atoms with Crippen molar-refractivity contribution in [3.63, 3.8) is 0 Å². The van der Waals surface area contributed by atoms with Crippen molar-refractivity contribution >= 4 is 17.8 Å². The molecule has 7 nitrogen and oxygen atoms in total. The molecule has 3 N–H and O–H groups in total. The van der Waals surface area contributed by atoms with Crippen LogP contribution in [0, 0.1) is 0 Å². The maximum atomic E-state index is 10.6. The summed E-state index contributed by atoms with van der Waals surface area (Å²) >= 11 is 0. The second kappa shape index (κ2) is 16.9. The average molecular weight is 337 g/mol. The molecule has 0 spiro atoms. The summed E-state index contributed by atoms with van der Waals surface area (Å²) < 4.78 is 5.59. The van der Waals surface area contributed by atoms with Crippen LogP contribution in [0.5, 0.6) is 0 Å². The largest absolute Gasteiger partial charge is 1.00 e. The molecule has 0 unspecified atom stereocenters. The van der Waals surface area contributed by atoms with E-state index in [4.69, 9.17) is 9.84 Å². The summed E-state index contributed by atoms with van der Waals surface area (Å²) in [6, 6.07) is 0. The van der Waals surface area contributed by atoms with Crippen molar-refractivity contribution in [2.45, 2.75) is 0 Å². The molecule has 0 heterocycles. The number of primary amides is 1. The van der Waals surface area contributed by atoms with E-state index < -0.39 is 11.9 Å². The van der Waals surface area contributed by atoms with Crippen LogP contribution >= 0.6 is 0 Å². The van der Waals surface area contributed by atoms with Gasteiger partial charge in [-0.05, 0) is 6.08 Å². The Morgan fingerprint density at radius 1 is 1.09 bits per heavy atom. The summed E-state index contributed by atoms with van der Waals surface area (Å²) in [5.41, 5.74) is 4.53. The molecular weight excluding hydrogens is 312 g/mol. The Hall–Kier alpha value is -2.12. The summed E-state index contributed by atoms with van der Waals surface area (Å²) in [5.74, 6) is -1.81. The van der Waals surface area contributed by atoms with Gasteiger partial charge < -0.3 is 32.5 Å². The molecule has 128 valence electrons. The highest BCUT2D eigenvalue weighted by atomic mass is 35.5. The van der Waals surface area contributed by atoms with Crippen molar-refractivity contribution in [2.24, 2.45) is 5.73 Å². The lowest BCUT2D eigenvalue weighted by molar-refractivity contribution is -0.870. The first-order valence-corrected chi connectivity index (χ1v) is 5.87. The van der Waals surface area contributed by atoms with Gasteiger partial charge in [0.15, 0.2) is 0 Å². The van der Waals surface area contributed by atoms with E-state index in [1.807, 2.05) is 21.1 Å². The number of amides is 1. The molecule has 22 heavy (non-hydrogen) atoms. The molecule has 0 aliphatic carbocycles. The first-order valence-electron chi connectivity index (χ1n) is 5.87. The Labute approximate surface area is 137 Å². The highest BCUT2D eigenvalue weighted by Gasteiger charge is 2.06. The fourth-order valence-corrected chi connectivity index (χ4v) is 0.479. The van der Waals surface area contributed by atoms with Gasteiger partial charge in [-0.2, -0.15) is 0 Å². The Morgan fingerprint density at radius 3 is 1.64 bits per heavy atom. The number of aliphatic carboxylic acids is 1. The van der Waals surface area contributed by atoms with Gasteiger partial charge in [0.25, 0.3) is 0 Å². The molecule has 8 heteroatoms. The number of nitrogens with zero attached hydrogens (tertiary/aromatic N) is 1. The Bertz CT molecular complexity index is 358. The molecule has 0 bridgehead atoms. The van der Waals surface area contributed by atoms with Gasteiger partial charge in [0.05, 0.1) is 21.1 Å². The van der Waals surface area contributed by atoms with Gasteiger partial charge >= 0.3 is 11.9 Å². The molecule has 0 radical (unpaired) electrons. The van der Waals surface area contributed by atoms with Crippen LogP contribution < -0.4 is 18.1 Å². The molecule has 0 rings (SSSR count). The number of likely N-dealkylation sites (N-methyl/N-ethyl adjacent to an activating group) is 1. The predicted molar refractivity (Wildman–Crippen MR) is 81.3 cm³/mol. The zero-order chi connectivity index (χ0) is 17.5. The highest BCUT2D eigenvalue weighted by molar-refractivity contribution is 5.85. The molecule has 0 saturated heterocycles. The third-order valence-electron chi connectivity index (χ3n) is 1.55. The molecule has 0 aliphatic rings. The molecule has 0 aromatic carbocycles. The Balaban J connectivity index is -0.000000124. The summed E-state index contributed by atoms with van der Waals surface area (Å²) in [7, 11) is 6.13. The average Bonchev–Trinajstić information content (AvgIpc) is 2.38. The van der Waals surface area contributed by atoms with Gasteiger partial charge in [-0.3, -0.25) is 4.79 Å². The standard InChI is InChI=1S/C8H16NO2.C3H5NO.C3H4O2.ClH/c1-5-8(10)11-7-6-9(2,3)4;2*1-2-3(4)5;/h5H,1,6-7H2,2-4H3;2H,1H2,(H2,4,5);2H,1H2,(H,4,5);1H/q+1;;;/p-1. The summed E-state index contributed by atoms with van der Waals surface area (Å²) in [6.07, 6.45) is 3.07. The van der Waals surface area contributed by atoms with Crippen LogP contribution in [0.4, 0.5) is 0 Å². The number of hydrogen-bond donors (Lipinski definition) is 2. The van der Waals surface area contributed by atoms with E-state index in [9.17, 15) is 14.4 Å². The van der Waals surface area contributed by atoms with E-state index in [-0.39, 0.29) is 18.4 Å². The molecule has 0 aromatic rings. The first kappa shape index (κ1) is 28.1. The lowest BCUT2D eigenvalue weighted by Crippen LogP contribution is -3.00. The number of quaternary nitrogens is 1. The third-order valence-corrected chi connectivity index (χ3v) is 1.55. The van der Waals surface area contributed by atoms with Crippen molar-refractivity contribution in [1.29, 1.82) is 0 Å². The number of nitrogens with two attached hydrogens (primary N) is 1. The molecular formula is C14H25ClN2O5. The van der Waals surface area contributed by atoms with Crippen LogP contribution in [0.3, 0.4) is 0 Å². The van der Waals surface area contributed by atoms with Gasteiger partial charge in [0, 0.05) is 12.2 Å². The van der Waals surface area contributed by atoms with Crippen LogP contribution in [-0.2, 0) is 19.1 Å². The second-order valence-corrected chi connectivity index (χ2v) is 4.53. The maximum Gasteiger partial charge on any atom is 0.330 e. The predicted octanol–water partition coefficient (Wildman–Crippen LogP) is -2.66. The van der Waals surface area contributed by atoms with E-state index in [2.05, 4.69) is 25.5 Å². The van der Waals surface area contributed by atoms with Crippen LogP contribution in [0.1, 0.15) is 0 Å². The third kappa shape index (κ3) is 43.0. The summed E-state index contributed by atoms with van der Waals surface area (Å²) in [4.78, 5) is 29.3. The lowest BCUT2D eigenvalue weighted by Gasteiger charge is -2.23. The monoisotopic (exact) mass is 336 g/mol. The van der Waals surface area contributed by atoms with Gasteiger partial charge in [-0.25, -0.2) is 9.59 Å². The fourth-order valence-electron chi connectivity index (χ4n) is 0.479. The highest BCUT2D eigenvalue weighted by Crippen LogP contribution is 1.89. The maximum absolute atomic E-state index is 10.6. The Kier molecular flexibility index (Phi) is 21.6. The minimum Gasteiger partial charge on any atom is -1.00 e. The van der Waals surface area contributed by atoms with Crippen LogP contribution in [0.15, 0.2) is 38.0 Å². The number of hydrogen-bond acceptors (Lipinski definition) is 4. The number of carboxylic acids is 1. The zero-order valence-electron chi connectivity index (χ0n) is 13.3. The van der Waals surface area contributed by atoms with Crippen LogP contribution in [0.2, 0.25) is 0 Å². The van der Waals surface area contributed by atoms with Crippen molar-refractivity contribution in [3.8, 4) is 0 Å². The summed E-state index contributed by atoms with van der Waals surface area (Å²) in [6.45, 7) is 10.6. The molecule has 0 aromatic heterocycles. The zero-order valence-corrected chi connectivity index (χ0v) is 14.0. The van der Waals surface area contributed by atoms with E-state index in [1.165, 1.54) is 6.08 Å². The minimum atomic E-state index is -0.981. The first-order chi connectivity index (χ1) is 9.49. The van der Waals surface area contributed by atoms with Crippen LogP contribution in [0.25, 0.3) is 0 Å². The normalized spacial score (nSPS) is 8.32. The van der Waals surface area contributed by atoms with E-state index in [0.717, 1.165) is 23.2 Å². The van der Waals surface area contributed by atoms with Crippen LogP contribution in [-0.4, -0.2) is 61.7 Å². The molecule has 1 amide bonds. The lowest BCUT2D eigenvalue weighted by atomic mass is 10.5. The number of carbonyl (C=O) groups is 3. The quantitative estimate of drug-likeness (QED) is 0.313. The minimum absolute atomic E-state index is 0. The van der Waals surface area contributed by atoms with Crippen molar-refractivity contribution in [2.75, 3.05) is 34.3 Å². The number of carbonyl (C=O) groups excluding carboxylic acids is 2. The Morgan fingerprint density at radius 2 is 1.45 bits per heavy atom. The van der Waals surface area contributed by atoms with Gasteiger partial charge in [0.1, 0.15) is 13.2 Å². The van der Waals surface area contributed by atoms with Gasteiger partial charge in [0.2, 0.25) is 5.91 Å². The number of halogens is 1. The van der Waals surface area contributed by atoms with Crippen molar-refractivity contribution in [1.82, 2.24) is 0 Å². The number of rotatable bonds is 6. The smallest absolute Gasteiger partial charge is 0.330 e. The number of esters is 1. The molecule has 0 aliphatic heterocycles.